The van der Waals surface area contributed by atoms with Crippen LogP contribution in [0.2, 0.25) is 5.02 Å². The summed E-state index contributed by atoms with van der Waals surface area (Å²) in [7, 11) is 0. The fourth-order valence-corrected chi connectivity index (χ4v) is 3.09. The molecule has 1 aromatic rings. The van der Waals surface area contributed by atoms with Crippen LogP contribution >= 0.6 is 11.6 Å². The molecular weight excluding hydrogens is 234 g/mol. The lowest BCUT2D eigenvalue weighted by atomic mass is 9.98. The molecule has 0 amide bonds. The zero-order valence-electron chi connectivity index (χ0n) is 9.90. The van der Waals surface area contributed by atoms with E-state index in [9.17, 15) is 5.11 Å². The number of aliphatic hydroxyl groups is 1. The summed E-state index contributed by atoms with van der Waals surface area (Å²) >= 11 is 5.94. The summed E-state index contributed by atoms with van der Waals surface area (Å²) < 4.78 is 0. The van der Waals surface area contributed by atoms with Gasteiger partial charge in [-0.2, -0.15) is 0 Å². The van der Waals surface area contributed by atoms with Crippen LogP contribution in [0.4, 0.5) is 0 Å². The van der Waals surface area contributed by atoms with Crippen LogP contribution in [0.25, 0.3) is 0 Å². The number of halogens is 1. The first-order valence-electron chi connectivity index (χ1n) is 6.40. The Labute approximate surface area is 107 Å². The number of hydrogen-bond donors (Lipinski definition) is 1. The van der Waals surface area contributed by atoms with Gasteiger partial charge in [0.25, 0.3) is 0 Å². The summed E-state index contributed by atoms with van der Waals surface area (Å²) in [6.07, 6.45) is 4.22. The van der Waals surface area contributed by atoms with Gasteiger partial charge >= 0.3 is 0 Å². The van der Waals surface area contributed by atoms with Crippen LogP contribution in [0.15, 0.2) is 24.3 Å². The lowest BCUT2D eigenvalue weighted by Crippen LogP contribution is -2.42. The molecule has 1 aliphatic heterocycles. The molecule has 17 heavy (non-hydrogen) atoms. The molecule has 0 unspecified atom stereocenters. The van der Waals surface area contributed by atoms with Gasteiger partial charge in [-0.25, -0.2) is 0 Å². The minimum Gasteiger partial charge on any atom is -0.393 e. The number of nitrogens with zero attached hydrogens (tertiary/aromatic N) is 1. The number of benzene rings is 1. The highest BCUT2D eigenvalue weighted by Gasteiger charge is 2.49. The third-order valence-electron chi connectivity index (χ3n) is 4.17. The van der Waals surface area contributed by atoms with Crippen molar-refractivity contribution in [2.45, 2.75) is 37.3 Å². The largest absolute Gasteiger partial charge is 0.393 e. The van der Waals surface area contributed by atoms with Gasteiger partial charge in [-0.3, -0.25) is 4.90 Å². The Morgan fingerprint density at radius 3 is 2.24 bits per heavy atom. The lowest BCUT2D eigenvalue weighted by molar-refractivity contribution is 0.0522. The molecular formula is C14H18ClNO. The third kappa shape index (κ3) is 2.10. The van der Waals surface area contributed by atoms with Crippen molar-refractivity contribution in [1.29, 1.82) is 0 Å². The van der Waals surface area contributed by atoms with Crippen molar-refractivity contribution in [3.63, 3.8) is 0 Å². The van der Waals surface area contributed by atoms with Gasteiger partial charge in [-0.15, -0.1) is 0 Å². The van der Waals surface area contributed by atoms with Crippen molar-refractivity contribution in [3.05, 3.63) is 34.9 Å². The number of rotatable bonds is 2. The van der Waals surface area contributed by atoms with Crippen molar-refractivity contribution in [1.82, 2.24) is 4.90 Å². The zero-order valence-corrected chi connectivity index (χ0v) is 10.7. The molecule has 0 spiro atoms. The zero-order chi connectivity index (χ0) is 11.9. The topological polar surface area (TPSA) is 23.5 Å². The van der Waals surface area contributed by atoms with E-state index in [1.807, 2.05) is 12.1 Å². The number of piperidine rings is 1. The van der Waals surface area contributed by atoms with Crippen LogP contribution < -0.4 is 0 Å². The van der Waals surface area contributed by atoms with Crippen LogP contribution in [0.3, 0.4) is 0 Å². The summed E-state index contributed by atoms with van der Waals surface area (Å²) in [4.78, 5) is 2.54. The normalized spacial score (nSPS) is 24.8. The van der Waals surface area contributed by atoms with Crippen LogP contribution in [-0.4, -0.2) is 29.2 Å². The van der Waals surface area contributed by atoms with Crippen molar-refractivity contribution in [2.24, 2.45) is 0 Å². The van der Waals surface area contributed by atoms with E-state index in [4.69, 9.17) is 11.6 Å². The Kier molecular flexibility index (Phi) is 2.89. The van der Waals surface area contributed by atoms with E-state index in [0.29, 0.717) is 0 Å². The molecule has 0 radical (unpaired) electrons. The van der Waals surface area contributed by atoms with E-state index >= 15 is 0 Å². The average Bonchev–Trinajstić information content (AvgIpc) is 3.12. The minimum absolute atomic E-state index is 0.0905. The fraction of sp³-hybridized carbons (Fsp3) is 0.571. The van der Waals surface area contributed by atoms with Gasteiger partial charge < -0.3 is 5.11 Å². The standard InChI is InChI=1S/C14H18ClNO/c15-12-3-1-11(2-4-12)14(7-8-14)16-9-5-13(17)6-10-16/h1-4,13,17H,5-10H2. The van der Waals surface area contributed by atoms with E-state index in [1.54, 1.807) is 0 Å². The predicted molar refractivity (Wildman–Crippen MR) is 69.2 cm³/mol. The van der Waals surface area contributed by atoms with Gasteiger partial charge in [-0.05, 0) is 43.4 Å². The van der Waals surface area contributed by atoms with Crippen LogP contribution in [-0.2, 0) is 5.54 Å². The maximum atomic E-state index is 9.58. The highest BCUT2D eigenvalue weighted by Crippen LogP contribution is 2.51. The Morgan fingerprint density at radius 1 is 1.12 bits per heavy atom. The van der Waals surface area contributed by atoms with Gasteiger partial charge in [0.15, 0.2) is 0 Å². The molecule has 0 aromatic heterocycles. The first-order valence-corrected chi connectivity index (χ1v) is 6.78. The van der Waals surface area contributed by atoms with Gasteiger partial charge in [0.05, 0.1) is 6.10 Å². The Morgan fingerprint density at radius 2 is 1.71 bits per heavy atom. The Bertz CT molecular complexity index is 391. The molecule has 3 rings (SSSR count). The van der Waals surface area contributed by atoms with Crippen LogP contribution in [0, 0.1) is 0 Å². The first kappa shape index (κ1) is 11.5. The second-order valence-corrected chi connectivity index (χ2v) is 5.69. The molecule has 0 atom stereocenters. The lowest BCUT2D eigenvalue weighted by Gasteiger charge is -2.37. The highest BCUT2D eigenvalue weighted by atomic mass is 35.5. The van der Waals surface area contributed by atoms with E-state index in [2.05, 4.69) is 17.0 Å². The van der Waals surface area contributed by atoms with Crippen LogP contribution in [0.5, 0.6) is 0 Å². The second-order valence-electron chi connectivity index (χ2n) is 5.26. The van der Waals surface area contributed by atoms with Crippen molar-refractivity contribution in [3.8, 4) is 0 Å². The molecule has 2 aliphatic rings. The molecule has 3 heteroatoms. The van der Waals surface area contributed by atoms with E-state index in [0.717, 1.165) is 31.0 Å². The van der Waals surface area contributed by atoms with Gasteiger partial charge in [0.2, 0.25) is 0 Å². The van der Waals surface area contributed by atoms with Gasteiger partial charge in [0.1, 0.15) is 0 Å². The predicted octanol–water partition coefficient (Wildman–Crippen LogP) is 2.79. The molecule has 1 saturated carbocycles. The third-order valence-corrected chi connectivity index (χ3v) is 4.43. The van der Waals surface area contributed by atoms with Crippen LogP contribution in [0.1, 0.15) is 31.2 Å². The SMILES string of the molecule is OC1CCN(C2(c3ccc(Cl)cc3)CC2)CC1. The second kappa shape index (κ2) is 4.27. The first-order chi connectivity index (χ1) is 8.21. The molecule has 1 saturated heterocycles. The quantitative estimate of drug-likeness (QED) is 0.874. The Balaban J connectivity index is 1.79. The van der Waals surface area contributed by atoms with Crippen molar-refractivity contribution < 1.29 is 5.11 Å². The van der Waals surface area contributed by atoms with Gasteiger partial charge in [-0.1, -0.05) is 23.7 Å². The molecule has 1 N–H and O–H groups in total. The monoisotopic (exact) mass is 251 g/mol. The molecule has 1 heterocycles. The summed E-state index contributed by atoms with van der Waals surface area (Å²) in [5.74, 6) is 0. The molecule has 1 aromatic carbocycles. The minimum atomic E-state index is -0.0905. The number of hydrogen-bond acceptors (Lipinski definition) is 2. The van der Waals surface area contributed by atoms with E-state index in [-0.39, 0.29) is 11.6 Å². The van der Waals surface area contributed by atoms with E-state index < -0.39 is 0 Å². The fourth-order valence-electron chi connectivity index (χ4n) is 2.96. The number of likely N-dealkylation sites (tertiary alicyclic amines) is 1. The summed E-state index contributed by atoms with van der Waals surface area (Å²) in [6, 6.07) is 8.27. The molecule has 1 aliphatic carbocycles. The molecule has 92 valence electrons. The molecule has 0 bridgehead atoms. The maximum Gasteiger partial charge on any atom is 0.0564 e. The summed E-state index contributed by atoms with van der Waals surface area (Å²) in [5, 5.41) is 10.4. The molecule has 2 nitrogen and oxygen atoms in total. The van der Waals surface area contributed by atoms with Gasteiger partial charge in [0, 0.05) is 23.7 Å². The Hall–Kier alpha value is -0.570. The average molecular weight is 252 g/mol. The summed E-state index contributed by atoms with van der Waals surface area (Å²) in [5.41, 5.74) is 1.64. The summed E-state index contributed by atoms with van der Waals surface area (Å²) in [6.45, 7) is 2.04. The molecule has 2 fully saturated rings. The van der Waals surface area contributed by atoms with Crippen molar-refractivity contribution in [2.75, 3.05) is 13.1 Å². The number of aliphatic hydroxyl groups excluding tert-OH is 1. The highest BCUT2D eigenvalue weighted by molar-refractivity contribution is 6.30. The van der Waals surface area contributed by atoms with Crippen molar-refractivity contribution >= 4 is 11.6 Å². The smallest absolute Gasteiger partial charge is 0.0564 e. The van der Waals surface area contributed by atoms with E-state index in [1.165, 1.54) is 18.4 Å². The maximum absolute atomic E-state index is 9.58.